The Morgan fingerprint density at radius 1 is 1.21 bits per heavy atom. The van der Waals surface area contributed by atoms with Crippen LogP contribution >= 0.6 is 0 Å². The normalized spacial score (nSPS) is 16.9. The topological polar surface area (TPSA) is 52.9 Å². The Morgan fingerprint density at radius 3 is 2.21 bits per heavy atom. The van der Waals surface area contributed by atoms with Gasteiger partial charge in [0.05, 0.1) is 6.07 Å². The highest BCUT2D eigenvalue weighted by atomic mass is 19.1. The lowest BCUT2D eigenvalue weighted by Gasteiger charge is -2.22. The van der Waals surface area contributed by atoms with E-state index in [9.17, 15) is 18.0 Å². The van der Waals surface area contributed by atoms with E-state index in [4.69, 9.17) is 5.26 Å². The van der Waals surface area contributed by atoms with Crippen LogP contribution in [0.2, 0.25) is 0 Å². The van der Waals surface area contributed by atoms with Gasteiger partial charge in [-0.1, -0.05) is 0 Å². The van der Waals surface area contributed by atoms with Gasteiger partial charge in [-0.25, -0.2) is 13.2 Å². The van der Waals surface area contributed by atoms with E-state index in [0.717, 1.165) is 12.8 Å². The van der Waals surface area contributed by atoms with Crippen molar-refractivity contribution in [3.8, 4) is 6.07 Å². The first-order valence-electron chi connectivity index (χ1n) is 5.86. The second kappa shape index (κ2) is 4.92. The van der Waals surface area contributed by atoms with Gasteiger partial charge in [0.1, 0.15) is 28.6 Å². The summed E-state index contributed by atoms with van der Waals surface area (Å²) in [7, 11) is 0. The molecule has 1 aromatic rings. The van der Waals surface area contributed by atoms with Crippen LogP contribution in [0.4, 0.5) is 13.2 Å². The zero-order valence-electron chi connectivity index (χ0n) is 9.97. The summed E-state index contributed by atoms with van der Waals surface area (Å²) >= 11 is 0. The summed E-state index contributed by atoms with van der Waals surface area (Å²) in [5, 5.41) is 11.4. The molecule has 1 amide bonds. The van der Waals surface area contributed by atoms with Crippen LogP contribution in [0.1, 0.15) is 36.0 Å². The van der Waals surface area contributed by atoms with E-state index in [1.165, 1.54) is 0 Å². The Balaban J connectivity index is 2.28. The van der Waals surface area contributed by atoms with Crippen molar-refractivity contribution in [2.75, 3.05) is 0 Å². The van der Waals surface area contributed by atoms with Crippen LogP contribution in [0.25, 0.3) is 0 Å². The number of rotatable bonds is 2. The average Bonchev–Trinajstić information content (AvgIpc) is 2.76. The maximum atomic E-state index is 13.4. The fourth-order valence-electron chi connectivity index (χ4n) is 2.28. The largest absolute Gasteiger partial charge is 0.334 e. The fraction of sp³-hybridized carbons (Fsp3) is 0.385. The number of halogens is 3. The summed E-state index contributed by atoms with van der Waals surface area (Å²) in [6.07, 6.45) is 2.42. The molecule has 0 spiro atoms. The Labute approximate surface area is 108 Å². The zero-order chi connectivity index (χ0) is 14.0. The maximum absolute atomic E-state index is 13.4. The molecule has 100 valence electrons. The molecule has 6 heteroatoms. The fourth-order valence-corrected chi connectivity index (χ4v) is 2.28. The Hall–Kier alpha value is -2.03. The van der Waals surface area contributed by atoms with E-state index in [-0.39, 0.29) is 0 Å². The van der Waals surface area contributed by atoms with E-state index < -0.39 is 34.5 Å². The Kier molecular flexibility index (Phi) is 3.47. The highest BCUT2D eigenvalue weighted by molar-refractivity contribution is 5.95. The molecule has 0 aliphatic heterocycles. The van der Waals surface area contributed by atoms with Gasteiger partial charge in [-0.15, -0.1) is 0 Å². The highest BCUT2D eigenvalue weighted by Crippen LogP contribution is 2.29. The highest BCUT2D eigenvalue weighted by Gasteiger charge is 2.36. The molecule has 0 heterocycles. The van der Waals surface area contributed by atoms with E-state index in [1.54, 1.807) is 0 Å². The van der Waals surface area contributed by atoms with Gasteiger partial charge in [-0.2, -0.15) is 5.26 Å². The smallest absolute Gasteiger partial charge is 0.258 e. The number of carbonyl (C=O) groups is 1. The molecule has 19 heavy (non-hydrogen) atoms. The summed E-state index contributed by atoms with van der Waals surface area (Å²) < 4.78 is 39.6. The predicted molar refractivity (Wildman–Crippen MR) is 60.6 cm³/mol. The van der Waals surface area contributed by atoms with Gasteiger partial charge >= 0.3 is 0 Å². The summed E-state index contributed by atoms with van der Waals surface area (Å²) in [4.78, 5) is 11.9. The summed E-state index contributed by atoms with van der Waals surface area (Å²) in [5.74, 6) is -4.68. The monoisotopic (exact) mass is 268 g/mol. The molecular weight excluding hydrogens is 257 g/mol. The molecule has 1 N–H and O–H groups in total. The lowest BCUT2D eigenvalue weighted by atomic mass is 9.99. The minimum absolute atomic E-state index is 0.436. The number of carbonyl (C=O) groups excluding carboxylic acids is 1. The Morgan fingerprint density at radius 2 is 1.74 bits per heavy atom. The minimum atomic E-state index is -1.28. The second-order valence-electron chi connectivity index (χ2n) is 4.60. The van der Waals surface area contributed by atoms with Crippen molar-refractivity contribution < 1.29 is 18.0 Å². The van der Waals surface area contributed by atoms with E-state index in [0.29, 0.717) is 25.0 Å². The molecule has 2 rings (SSSR count). The molecule has 0 unspecified atom stereocenters. The minimum Gasteiger partial charge on any atom is -0.334 e. The van der Waals surface area contributed by atoms with Gasteiger partial charge in [0.2, 0.25) is 0 Å². The third-order valence-electron chi connectivity index (χ3n) is 3.26. The zero-order valence-corrected chi connectivity index (χ0v) is 9.97. The first-order valence-corrected chi connectivity index (χ1v) is 5.86. The third-order valence-corrected chi connectivity index (χ3v) is 3.26. The predicted octanol–water partition coefficient (Wildman–Crippen LogP) is 2.67. The van der Waals surface area contributed by atoms with Crippen LogP contribution in [0.5, 0.6) is 0 Å². The quantitative estimate of drug-likeness (QED) is 0.896. The molecule has 1 aromatic carbocycles. The lowest BCUT2D eigenvalue weighted by Crippen LogP contribution is -2.45. The molecule has 0 saturated heterocycles. The molecule has 0 atom stereocenters. The maximum Gasteiger partial charge on any atom is 0.258 e. The SMILES string of the molecule is N#CC1(NC(=O)c2c(F)cc(F)cc2F)CCCC1. The van der Waals surface area contributed by atoms with Gasteiger partial charge in [-0.3, -0.25) is 4.79 Å². The molecule has 0 radical (unpaired) electrons. The van der Waals surface area contributed by atoms with Crippen molar-refractivity contribution in [1.29, 1.82) is 5.26 Å². The number of nitrogens with zero attached hydrogens (tertiary/aromatic N) is 1. The molecule has 1 saturated carbocycles. The van der Waals surface area contributed by atoms with Crippen molar-refractivity contribution in [3.05, 3.63) is 35.1 Å². The summed E-state index contributed by atoms with van der Waals surface area (Å²) in [5.41, 5.74) is -1.94. The summed E-state index contributed by atoms with van der Waals surface area (Å²) in [6, 6.07) is 2.85. The first kappa shape index (κ1) is 13.4. The lowest BCUT2D eigenvalue weighted by molar-refractivity contribution is 0.0912. The standard InChI is InChI=1S/C13H11F3N2O/c14-8-5-9(15)11(10(16)6-8)12(19)18-13(7-17)3-1-2-4-13/h5-6H,1-4H2,(H,18,19). The molecule has 0 aromatic heterocycles. The second-order valence-corrected chi connectivity index (χ2v) is 4.60. The van der Waals surface area contributed by atoms with Crippen LogP contribution < -0.4 is 5.32 Å². The van der Waals surface area contributed by atoms with E-state index in [1.807, 2.05) is 6.07 Å². The van der Waals surface area contributed by atoms with E-state index in [2.05, 4.69) is 5.32 Å². The van der Waals surface area contributed by atoms with Gasteiger partial charge in [0, 0.05) is 12.1 Å². The molecule has 1 aliphatic rings. The van der Waals surface area contributed by atoms with Crippen molar-refractivity contribution in [3.63, 3.8) is 0 Å². The van der Waals surface area contributed by atoms with Crippen LogP contribution in [-0.2, 0) is 0 Å². The van der Waals surface area contributed by atoms with Crippen molar-refractivity contribution in [2.45, 2.75) is 31.2 Å². The number of benzene rings is 1. The summed E-state index contributed by atoms with van der Waals surface area (Å²) in [6.45, 7) is 0. The number of hydrogen-bond donors (Lipinski definition) is 1. The van der Waals surface area contributed by atoms with Gasteiger partial charge in [0.25, 0.3) is 5.91 Å². The van der Waals surface area contributed by atoms with Crippen molar-refractivity contribution in [1.82, 2.24) is 5.32 Å². The van der Waals surface area contributed by atoms with Crippen molar-refractivity contribution >= 4 is 5.91 Å². The van der Waals surface area contributed by atoms with Crippen LogP contribution in [0.3, 0.4) is 0 Å². The molecule has 1 fully saturated rings. The number of nitrogens with one attached hydrogen (secondary N) is 1. The Bertz CT molecular complexity index is 536. The average molecular weight is 268 g/mol. The van der Waals surface area contributed by atoms with Gasteiger partial charge < -0.3 is 5.32 Å². The molecule has 0 bridgehead atoms. The number of nitriles is 1. The van der Waals surface area contributed by atoms with Crippen LogP contribution in [0.15, 0.2) is 12.1 Å². The number of hydrogen-bond acceptors (Lipinski definition) is 2. The third kappa shape index (κ3) is 2.55. The first-order chi connectivity index (χ1) is 8.97. The van der Waals surface area contributed by atoms with Crippen molar-refractivity contribution in [2.24, 2.45) is 0 Å². The molecule has 3 nitrogen and oxygen atoms in total. The van der Waals surface area contributed by atoms with E-state index >= 15 is 0 Å². The number of amides is 1. The molecule has 1 aliphatic carbocycles. The van der Waals surface area contributed by atoms with Gasteiger partial charge in [0.15, 0.2) is 0 Å². The van der Waals surface area contributed by atoms with Gasteiger partial charge in [-0.05, 0) is 25.7 Å². The van der Waals surface area contributed by atoms with Crippen LogP contribution in [0, 0.1) is 28.8 Å². The van der Waals surface area contributed by atoms with Crippen LogP contribution in [-0.4, -0.2) is 11.4 Å². The molecular formula is C13H11F3N2O.